The van der Waals surface area contributed by atoms with Gasteiger partial charge in [0.1, 0.15) is 6.04 Å². The minimum atomic E-state index is -4.38. The molecule has 0 aromatic rings. The van der Waals surface area contributed by atoms with Gasteiger partial charge in [0.05, 0.1) is 13.1 Å². The van der Waals surface area contributed by atoms with Crippen molar-refractivity contribution >= 4 is 11.9 Å². The fourth-order valence-electron chi connectivity index (χ4n) is 2.08. The summed E-state index contributed by atoms with van der Waals surface area (Å²) in [5, 5.41) is 11.0. The summed E-state index contributed by atoms with van der Waals surface area (Å²) in [5.41, 5.74) is 0. The second-order valence-corrected chi connectivity index (χ2v) is 4.51. The van der Waals surface area contributed by atoms with Gasteiger partial charge in [-0.15, -0.1) is 0 Å². The molecule has 1 rings (SSSR count). The Kier molecular flexibility index (Phi) is 5.59. The predicted molar refractivity (Wildman–Crippen MR) is 60.5 cm³/mol. The molecular weight excluding hydrogens is 265 g/mol. The summed E-state index contributed by atoms with van der Waals surface area (Å²) in [5.74, 6) is -1.70. The molecule has 1 atom stereocenters. The standard InChI is InChI=1S/C11H17F3N2O3/c12-11(13,14)7-15-6-9(17)16-5-3-1-2-4-8(16)10(18)19/h8,15H,1-7H2,(H,18,19). The maximum Gasteiger partial charge on any atom is 0.401 e. The second kappa shape index (κ2) is 6.74. The van der Waals surface area contributed by atoms with Crippen LogP contribution in [0.3, 0.4) is 0 Å². The molecule has 2 N–H and O–H groups in total. The summed E-state index contributed by atoms with van der Waals surface area (Å²) in [6.07, 6.45) is -1.83. The molecule has 0 saturated carbocycles. The van der Waals surface area contributed by atoms with Gasteiger partial charge in [-0.3, -0.25) is 4.79 Å². The lowest BCUT2D eigenvalue weighted by atomic mass is 10.1. The van der Waals surface area contributed by atoms with Crippen molar-refractivity contribution in [2.24, 2.45) is 0 Å². The zero-order valence-electron chi connectivity index (χ0n) is 10.4. The number of carboxylic acids is 1. The number of hydrogen-bond donors (Lipinski definition) is 2. The van der Waals surface area contributed by atoms with Crippen molar-refractivity contribution in [3.63, 3.8) is 0 Å². The van der Waals surface area contributed by atoms with Gasteiger partial charge >= 0.3 is 12.1 Å². The van der Waals surface area contributed by atoms with Crippen molar-refractivity contribution in [1.29, 1.82) is 0 Å². The van der Waals surface area contributed by atoms with E-state index in [0.717, 1.165) is 6.42 Å². The minimum Gasteiger partial charge on any atom is -0.480 e. The third-order valence-corrected chi connectivity index (χ3v) is 2.96. The first-order valence-electron chi connectivity index (χ1n) is 6.11. The Balaban J connectivity index is 2.54. The van der Waals surface area contributed by atoms with Crippen LogP contribution in [0.25, 0.3) is 0 Å². The molecule has 1 fully saturated rings. The number of rotatable bonds is 4. The van der Waals surface area contributed by atoms with Gasteiger partial charge in [0, 0.05) is 6.54 Å². The van der Waals surface area contributed by atoms with E-state index in [4.69, 9.17) is 5.11 Å². The van der Waals surface area contributed by atoms with Crippen LogP contribution in [0.2, 0.25) is 0 Å². The van der Waals surface area contributed by atoms with E-state index < -0.39 is 37.2 Å². The van der Waals surface area contributed by atoms with Crippen molar-refractivity contribution in [2.45, 2.75) is 37.9 Å². The van der Waals surface area contributed by atoms with Crippen molar-refractivity contribution in [3.05, 3.63) is 0 Å². The van der Waals surface area contributed by atoms with Gasteiger partial charge in [-0.1, -0.05) is 12.8 Å². The summed E-state index contributed by atoms with van der Waals surface area (Å²) in [6, 6.07) is -0.928. The van der Waals surface area contributed by atoms with Crippen molar-refractivity contribution in [1.82, 2.24) is 10.2 Å². The number of halogens is 3. The molecule has 8 heteroatoms. The molecule has 0 aliphatic carbocycles. The number of amides is 1. The summed E-state index contributed by atoms with van der Waals surface area (Å²) in [7, 11) is 0. The van der Waals surface area contributed by atoms with E-state index in [9.17, 15) is 22.8 Å². The maximum absolute atomic E-state index is 11.9. The fraction of sp³-hybridized carbons (Fsp3) is 0.818. The van der Waals surface area contributed by atoms with Gasteiger partial charge in [-0.05, 0) is 12.8 Å². The molecule has 0 aromatic carbocycles. The molecule has 1 aliphatic heterocycles. The number of likely N-dealkylation sites (tertiary alicyclic amines) is 1. The lowest BCUT2D eigenvalue weighted by Crippen LogP contribution is -2.48. The highest BCUT2D eigenvalue weighted by atomic mass is 19.4. The number of carbonyl (C=O) groups excluding carboxylic acids is 1. The highest BCUT2D eigenvalue weighted by Gasteiger charge is 2.31. The third kappa shape index (κ3) is 5.46. The van der Waals surface area contributed by atoms with E-state index in [2.05, 4.69) is 0 Å². The predicted octanol–water partition coefficient (Wildman–Crippen LogP) is 0.994. The molecule has 0 spiro atoms. The van der Waals surface area contributed by atoms with Crippen molar-refractivity contribution in [2.75, 3.05) is 19.6 Å². The first kappa shape index (κ1) is 15.7. The number of nitrogens with one attached hydrogen (secondary N) is 1. The summed E-state index contributed by atoms with van der Waals surface area (Å²) >= 11 is 0. The highest BCUT2D eigenvalue weighted by Crippen LogP contribution is 2.17. The maximum atomic E-state index is 11.9. The highest BCUT2D eigenvalue weighted by molar-refractivity contribution is 5.84. The Labute approximate surface area is 108 Å². The number of carbonyl (C=O) groups is 2. The molecular formula is C11H17F3N2O3. The normalized spacial score (nSPS) is 21.0. The first-order valence-corrected chi connectivity index (χ1v) is 6.11. The minimum absolute atomic E-state index is 0.281. The van der Waals surface area contributed by atoms with Crippen LogP contribution in [-0.4, -0.2) is 53.7 Å². The zero-order chi connectivity index (χ0) is 14.5. The molecule has 0 radical (unpaired) electrons. The van der Waals surface area contributed by atoms with Crippen LogP contribution in [0.5, 0.6) is 0 Å². The average Bonchev–Trinajstić information content (AvgIpc) is 2.52. The van der Waals surface area contributed by atoms with E-state index in [-0.39, 0.29) is 6.54 Å². The number of nitrogens with zero attached hydrogens (tertiary/aromatic N) is 1. The lowest BCUT2D eigenvalue weighted by Gasteiger charge is -2.27. The molecule has 1 amide bonds. The third-order valence-electron chi connectivity index (χ3n) is 2.96. The Morgan fingerprint density at radius 1 is 1.26 bits per heavy atom. The Bertz CT molecular complexity index is 334. The van der Waals surface area contributed by atoms with Gasteiger partial charge in [0.25, 0.3) is 0 Å². The van der Waals surface area contributed by atoms with Gasteiger partial charge in [0.15, 0.2) is 0 Å². The van der Waals surface area contributed by atoms with Gasteiger partial charge < -0.3 is 15.3 Å². The van der Waals surface area contributed by atoms with Crippen molar-refractivity contribution < 1.29 is 27.9 Å². The number of aliphatic carboxylic acids is 1. The van der Waals surface area contributed by atoms with E-state index >= 15 is 0 Å². The van der Waals surface area contributed by atoms with Crippen LogP contribution in [0.1, 0.15) is 25.7 Å². The van der Waals surface area contributed by atoms with Crippen LogP contribution in [0.15, 0.2) is 0 Å². The van der Waals surface area contributed by atoms with Crippen LogP contribution < -0.4 is 5.32 Å². The molecule has 1 aliphatic rings. The molecule has 110 valence electrons. The molecule has 19 heavy (non-hydrogen) atoms. The molecule has 5 nitrogen and oxygen atoms in total. The Morgan fingerprint density at radius 2 is 1.95 bits per heavy atom. The Hall–Kier alpha value is -1.31. The monoisotopic (exact) mass is 282 g/mol. The number of alkyl halides is 3. The summed E-state index contributed by atoms with van der Waals surface area (Å²) in [6.45, 7) is -1.48. The van der Waals surface area contributed by atoms with Crippen molar-refractivity contribution in [3.8, 4) is 0 Å². The smallest absolute Gasteiger partial charge is 0.401 e. The van der Waals surface area contributed by atoms with Crippen LogP contribution in [0, 0.1) is 0 Å². The zero-order valence-corrected chi connectivity index (χ0v) is 10.4. The van der Waals surface area contributed by atoms with Gasteiger partial charge in [0.2, 0.25) is 5.91 Å². The van der Waals surface area contributed by atoms with Gasteiger partial charge in [-0.25, -0.2) is 4.79 Å². The Morgan fingerprint density at radius 3 is 2.53 bits per heavy atom. The van der Waals surface area contributed by atoms with E-state index in [1.54, 1.807) is 0 Å². The van der Waals surface area contributed by atoms with E-state index in [1.165, 1.54) is 4.90 Å². The van der Waals surface area contributed by atoms with E-state index in [1.807, 2.05) is 5.32 Å². The quantitative estimate of drug-likeness (QED) is 0.807. The molecule has 1 unspecified atom stereocenters. The fourth-order valence-corrected chi connectivity index (χ4v) is 2.08. The SMILES string of the molecule is O=C(O)C1CCCCCN1C(=O)CNCC(F)(F)F. The summed E-state index contributed by atoms with van der Waals surface area (Å²) in [4.78, 5) is 24.0. The average molecular weight is 282 g/mol. The van der Waals surface area contributed by atoms with Crippen LogP contribution in [-0.2, 0) is 9.59 Å². The van der Waals surface area contributed by atoms with E-state index in [0.29, 0.717) is 19.3 Å². The topological polar surface area (TPSA) is 69.6 Å². The molecule has 0 bridgehead atoms. The summed E-state index contributed by atoms with van der Waals surface area (Å²) < 4.78 is 35.8. The van der Waals surface area contributed by atoms with Crippen LogP contribution >= 0.6 is 0 Å². The second-order valence-electron chi connectivity index (χ2n) is 4.51. The molecule has 1 saturated heterocycles. The lowest BCUT2D eigenvalue weighted by molar-refractivity contribution is -0.150. The number of carboxylic acid groups (broad SMARTS) is 1. The number of hydrogen-bond acceptors (Lipinski definition) is 3. The van der Waals surface area contributed by atoms with Crippen LogP contribution in [0.4, 0.5) is 13.2 Å². The van der Waals surface area contributed by atoms with Gasteiger partial charge in [-0.2, -0.15) is 13.2 Å². The largest absolute Gasteiger partial charge is 0.480 e. The first-order chi connectivity index (χ1) is 8.81. The molecule has 1 heterocycles. The molecule has 0 aromatic heterocycles.